The lowest BCUT2D eigenvalue weighted by molar-refractivity contribution is 0.414. The third-order valence-electron chi connectivity index (χ3n) is 4.25. The maximum atomic E-state index is 12.7. The maximum Gasteiger partial charge on any atom is 0.285 e. The summed E-state index contributed by atoms with van der Waals surface area (Å²) >= 11 is 1.40. The van der Waals surface area contributed by atoms with Crippen molar-refractivity contribution in [1.82, 2.24) is 4.57 Å². The highest BCUT2D eigenvalue weighted by Crippen LogP contribution is 2.24. The summed E-state index contributed by atoms with van der Waals surface area (Å²) in [5.74, 6) is 1.02. The summed E-state index contributed by atoms with van der Waals surface area (Å²) in [5, 5.41) is 0. The first-order valence-corrected chi connectivity index (χ1v) is 10.7. The van der Waals surface area contributed by atoms with Crippen LogP contribution in [0.5, 0.6) is 5.75 Å². The molecule has 0 saturated carbocycles. The van der Waals surface area contributed by atoms with E-state index in [1.54, 1.807) is 19.2 Å². The van der Waals surface area contributed by atoms with Crippen LogP contribution >= 0.6 is 11.3 Å². The Morgan fingerprint density at radius 2 is 1.85 bits per heavy atom. The number of aryl methyl sites for hydroxylation is 1. The van der Waals surface area contributed by atoms with Crippen molar-refractivity contribution in [2.45, 2.75) is 38.1 Å². The largest absolute Gasteiger partial charge is 0.497 e. The van der Waals surface area contributed by atoms with Crippen LogP contribution in [0.25, 0.3) is 10.2 Å². The van der Waals surface area contributed by atoms with Crippen LogP contribution < -0.4 is 9.54 Å². The molecule has 0 fully saturated rings. The first-order valence-electron chi connectivity index (χ1n) is 8.44. The number of hydrogen-bond donors (Lipinski definition) is 0. The lowest BCUT2D eigenvalue weighted by atomic mass is 10.0. The molecule has 0 bridgehead atoms. The maximum absolute atomic E-state index is 12.7. The van der Waals surface area contributed by atoms with Crippen molar-refractivity contribution in [3.8, 4) is 5.75 Å². The summed E-state index contributed by atoms with van der Waals surface area (Å²) in [6, 6.07) is 12.5. The molecule has 138 valence electrons. The minimum atomic E-state index is -3.79. The van der Waals surface area contributed by atoms with Gasteiger partial charge in [0.1, 0.15) is 5.75 Å². The lowest BCUT2D eigenvalue weighted by Crippen LogP contribution is -2.16. The number of ether oxygens (including phenoxy) is 1. The first kappa shape index (κ1) is 18.7. The molecule has 0 N–H and O–H groups in total. The second-order valence-electron chi connectivity index (χ2n) is 6.25. The van der Waals surface area contributed by atoms with Gasteiger partial charge in [-0.2, -0.15) is 8.42 Å². The van der Waals surface area contributed by atoms with Gasteiger partial charge in [0, 0.05) is 6.54 Å². The van der Waals surface area contributed by atoms with Gasteiger partial charge in [0.05, 0.1) is 22.2 Å². The summed E-state index contributed by atoms with van der Waals surface area (Å²) in [5.41, 5.74) is 2.23. The molecule has 2 aromatic carbocycles. The van der Waals surface area contributed by atoms with Crippen molar-refractivity contribution in [3.05, 3.63) is 52.8 Å². The Morgan fingerprint density at radius 3 is 2.42 bits per heavy atom. The number of hydrogen-bond acceptors (Lipinski definition) is 4. The summed E-state index contributed by atoms with van der Waals surface area (Å²) in [6.45, 7) is 6.92. The van der Waals surface area contributed by atoms with E-state index in [9.17, 15) is 8.42 Å². The third-order valence-corrected chi connectivity index (χ3v) is 6.68. The van der Waals surface area contributed by atoms with E-state index in [0.29, 0.717) is 23.0 Å². The van der Waals surface area contributed by atoms with Gasteiger partial charge in [0.15, 0.2) is 0 Å². The molecule has 3 aromatic rings. The SMILES string of the molecule is CCn1/c(=N/S(=O)(=O)c2ccc(OC)cc2)sc2cc(C(C)C)ccc21. The highest BCUT2D eigenvalue weighted by atomic mass is 32.2. The van der Waals surface area contributed by atoms with Crippen molar-refractivity contribution in [3.63, 3.8) is 0 Å². The Morgan fingerprint density at radius 1 is 1.15 bits per heavy atom. The Hall–Kier alpha value is -2.12. The number of fused-ring (bicyclic) bond motifs is 1. The molecule has 3 rings (SSSR count). The molecule has 1 aromatic heterocycles. The average molecular weight is 391 g/mol. The van der Waals surface area contributed by atoms with Crippen molar-refractivity contribution >= 4 is 31.6 Å². The second kappa shape index (κ2) is 7.25. The molecule has 0 aliphatic rings. The molecule has 0 atom stereocenters. The zero-order chi connectivity index (χ0) is 18.9. The van der Waals surface area contributed by atoms with Gasteiger partial charge < -0.3 is 9.30 Å². The van der Waals surface area contributed by atoms with Crippen LogP contribution in [-0.4, -0.2) is 20.1 Å². The zero-order valence-corrected chi connectivity index (χ0v) is 16.9. The number of nitrogens with zero attached hydrogens (tertiary/aromatic N) is 2. The van der Waals surface area contributed by atoms with Crippen LogP contribution in [0.4, 0.5) is 0 Å². The summed E-state index contributed by atoms with van der Waals surface area (Å²) in [4.78, 5) is 0.639. The van der Waals surface area contributed by atoms with Crippen LogP contribution in [-0.2, 0) is 16.6 Å². The molecule has 7 heteroatoms. The van der Waals surface area contributed by atoms with Crippen LogP contribution in [0.1, 0.15) is 32.3 Å². The molecule has 0 aliphatic carbocycles. The first-order chi connectivity index (χ1) is 12.4. The number of methoxy groups -OCH3 is 1. The van der Waals surface area contributed by atoms with E-state index in [4.69, 9.17) is 4.74 Å². The zero-order valence-electron chi connectivity index (χ0n) is 15.3. The highest BCUT2D eigenvalue weighted by molar-refractivity contribution is 7.90. The fraction of sp³-hybridized carbons (Fsp3) is 0.316. The number of benzene rings is 2. The van der Waals surface area contributed by atoms with Crippen molar-refractivity contribution in [1.29, 1.82) is 0 Å². The highest BCUT2D eigenvalue weighted by Gasteiger charge is 2.15. The molecule has 0 radical (unpaired) electrons. The van der Waals surface area contributed by atoms with Gasteiger partial charge in [-0.1, -0.05) is 31.3 Å². The molecule has 0 saturated heterocycles. The molecular formula is C19H22N2O3S2. The second-order valence-corrected chi connectivity index (χ2v) is 8.87. The number of aromatic nitrogens is 1. The summed E-state index contributed by atoms with van der Waals surface area (Å²) < 4.78 is 37.6. The minimum absolute atomic E-state index is 0.154. The van der Waals surface area contributed by atoms with Crippen molar-refractivity contribution in [2.24, 2.45) is 4.40 Å². The van der Waals surface area contributed by atoms with E-state index in [1.807, 2.05) is 17.6 Å². The monoisotopic (exact) mass is 390 g/mol. The van der Waals surface area contributed by atoms with E-state index in [1.165, 1.54) is 29.0 Å². The standard InChI is InChI=1S/C19H22N2O3S2/c1-5-21-17-11-6-14(13(2)3)12-18(17)25-19(21)20-26(22,23)16-9-7-15(24-4)8-10-16/h6-13H,5H2,1-4H3/b20-19-. The predicted molar refractivity (Wildman–Crippen MR) is 105 cm³/mol. The number of rotatable bonds is 5. The Kier molecular flexibility index (Phi) is 5.20. The van der Waals surface area contributed by atoms with Gasteiger partial charge >= 0.3 is 0 Å². The average Bonchev–Trinajstić information content (AvgIpc) is 2.96. The summed E-state index contributed by atoms with van der Waals surface area (Å²) in [6.07, 6.45) is 0. The van der Waals surface area contributed by atoms with Crippen LogP contribution in [0.15, 0.2) is 51.8 Å². The normalized spacial score (nSPS) is 12.9. The topological polar surface area (TPSA) is 60.7 Å². The Balaban J connectivity index is 2.15. The summed E-state index contributed by atoms with van der Waals surface area (Å²) in [7, 11) is -2.24. The van der Waals surface area contributed by atoms with E-state index in [2.05, 4.69) is 30.4 Å². The number of sulfonamides is 1. The van der Waals surface area contributed by atoms with Gasteiger partial charge in [0.25, 0.3) is 10.0 Å². The van der Waals surface area contributed by atoms with Crippen LogP contribution in [0, 0.1) is 0 Å². The van der Waals surface area contributed by atoms with E-state index in [-0.39, 0.29) is 4.90 Å². The van der Waals surface area contributed by atoms with Gasteiger partial charge in [-0.05, 0) is 54.8 Å². The fourth-order valence-corrected chi connectivity index (χ4v) is 5.07. The smallest absolute Gasteiger partial charge is 0.285 e. The molecule has 5 nitrogen and oxygen atoms in total. The van der Waals surface area contributed by atoms with Crippen LogP contribution in [0.3, 0.4) is 0 Å². The molecule has 26 heavy (non-hydrogen) atoms. The van der Waals surface area contributed by atoms with Gasteiger partial charge in [-0.25, -0.2) is 0 Å². The van der Waals surface area contributed by atoms with E-state index in [0.717, 1.165) is 10.2 Å². The van der Waals surface area contributed by atoms with Gasteiger partial charge in [-0.3, -0.25) is 0 Å². The Bertz CT molecular complexity index is 1090. The van der Waals surface area contributed by atoms with E-state index >= 15 is 0 Å². The molecular weight excluding hydrogens is 368 g/mol. The van der Waals surface area contributed by atoms with E-state index < -0.39 is 10.0 Å². The molecule has 0 unspecified atom stereocenters. The van der Waals surface area contributed by atoms with Gasteiger partial charge in [-0.15, -0.1) is 4.40 Å². The quantitative estimate of drug-likeness (QED) is 0.658. The third kappa shape index (κ3) is 3.54. The molecule has 0 amide bonds. The molecule has 1 heterocycles. The van der Waals surface area contributed by atoms with Crippen molar-refractivity contribution in [2.75, 3.05) is 7.11 Å². The van der Waals surface area contributed by atoms with Gasteiger partial charge in [0.2, 0.25) is 4.80 Å². The Labute approximate surface area is 157 Å². The minimum Gasteiger partial charge on any atom is -0.497 e. The number of thiazole rings is 1. The van der Waals surface area contributed by atoms with Crippen LogP contribution in [0.2, 0.25) is 0 Å². The lowest BCUT2D eigenvalue weighted by Gasteiger charge is -2.05. The predicted octanol–water partition coefficient (Wildman–Crippen LogP) is 4.14. The fourth-order valence-electron chi connectivity index (χ4n) is 2.73. The molecule has 0 aliphatic heterocycles. The molecule has 0 spiro atoms. The van der Waals surface area contributed by atoms with Crippen molar-refractivity contribution < 1.29 is 13.2 Å².